The highest BCUT2D eigenvalue weighted by atomic mass is 16.5. The standard InChI is InChI=1S/C23H23N3O3/c1-29-19-8-2-6-18(15-19)23(28)26-13-10-17(11-14-26)22(27)25-20-9-3-5-16-7-4-12-24-21(16)20/h2-9,12,15,17H,10-11,13-14H2,1H3,(H,25,27). The Balaban J connectivity index is 1.39. The van der Waals surface area contributed by atoms with Crippen LogP contribution in [0.15, 0.2) is 60.8 Å². The van der Waals surface area contributed by atoms with Crippen molar-refractivity contribution in [2.75, 3.05) is 25.5 Å². The van der Waals surface area contributed by atoms with Gasteiger partial charge in [0.2, 0.25) is 5.91 Å². The molecule has 0 radical (unpaired) electrons. The summed E-state index contributed by atoms with van der Waals surface area (Å²) in [6, 6.07) is 16.8. The first kappa shape index (κ1) is 18.9. The Bertz CT molecular complexity index is 1040. The highest BCUT2D eigenvalue weighted by Gasteiger charge is 2.28. The van der Waals surface area contributed by atoms with Crippen molar-refractivity contribution in [1.82, 2.24) is 9.88 Å². The van der Waals surface area contributed by atoms with Crippen molar-refractivity contribution in [2.45, 2.75) is 12.8 Å². The topological polar surface area (TPSA) is 71.5 Å². The van der Waals surface area contributed by atoms with Crippen LogP contribution in [0, 0.1) is 5.92 Å². The largest absolute Gasteiger partial charge is 0.497 e. The first-order valence-corrected chi connectivity index (χ1v) is 9.73. The van der Waals surface area contributed by atoms with Gasteiger partial charge in [0.05, 0.1) is 18.3 Å². The molecule has 4 rings (SSSR count). The summed E-state index contributed by atoms with van der Waals surface area (Å²) in [5.74, 6) is 0.495. The van der Waals surface area contributed by atoms with Crippen LogP contribution in [0.1, 0.15) is 23.2 Å². The zero-order chi connectivity index (χ0) is 20.2. The molecule has 6 heteroatoms. The van der Waals surface area contributed by atoms with Gasteiger partial charge in [0, 0.05) is 36.2 Å². The molecule has 0 atom stereocenters. The number of pyridine rings is 1. The Morgan fingerprint density at radius 1 is 1.07 bits per heavy atom. The fourth-order valence-electron chi connectivity index (χ4n) is 3.72. The Morgan fingerprint density at radius 3 is 2.62 bits per heavy atom. The van der Waals surface area contributed by atoms with Crippen molar-refractivity contribution < 1.29 is 14.3 Å². The maximum atomic E-state index is 12.8. The predicted molar refractivity (Wildman–Crippen MR) is 112 cm³/mol. The summed E-state index contributed by atoms with van der Waals surface area (Å²) in [6.07, 6.45) is 3.00. The number of para-hydroxylation sites is 1. The van der Waals surface area contributed by atoms with Crippen molar-refractivity contribution in [3.05, 3.63) is 66.4 Å². The summed E-state index contributed by atoms with van der Waals surface area (Å²) < 4.78 is 5.20. The number of nitrogens with zero attached hydrogens (tertiary/aromatic N) is 2. The van der Waals surface area contributed by atoms with Gasteiger partial charge < -0.3 is 15.0 Å². The van der Waals surface area contributed by atoms with Crippen LogP contribution in [-0.2, 0) is 4.79 Å². The lowest BCUT2D eigenvalue weighted by atomic mass is 9.95. The molecule has 0 aliphatic carbocycles. The number of likely N-dealkylation sites (tertiary alicyclic amines) is 1. The molecule has 1 saturated heterocycles. The highest BCUT2D eigenvalue weighted by molar-refractivity contribution is 6.01. The average Bonchev–Trinajstić information content (AvgIpc) is 2.79. The van der Waals surface area contributed by atoms with E-state index in [0.717, 1.165) is 16.6 Å². The number of hydrogen-bond acceptors (Lipinski definition) is 4. The molecule has 0 spiro atoms. The van der Waals surface area contributed by atoms with Gasteiger partial charge >= 0.3 is 0 Å². The van der Waals surface area contributed by atoms with E-state index in [0.29, 0.717) is 37.2 Å². The predicted octanol–water partition coefficient (Wildman–Crippen LogP) is 3.73. The Morgan fingerprint density at radius 2 is 1.83 bits per heavy atom. The number of piperidine rings is 1. The summed E-state index contributed by atoms with van der Waals surface area (Å²) in [5, 5.41) is 4.01. The molecule has 1 aliphatic heterocycles. The molecule has 29 heavy (non-hydrogen) atoms. The zero-order valence-corrected chi connectivity index (χ0v) is 16.3. The number of carbonyl (C=O) groups is 2. The molecule has 6 nitrogen and oxygen atoms in total. The Kier molecular flexibility index (Phi) is 5.42. The number of benzene rings is 2. The molecule has 2 aromatic carbocycles. The second-order valence-corrected chi connectivity index (χ2v) is 7.17. The van der Waals surface area contributed by atoms with Crippen molar-refractivity contribution in [1.29, 1.82) is 0 Å². The van der Waals surface area contributed by atoms with Crippen LogP contribution in [0.3, 0.4) is 0 Å². The van der Waals surface area contributed by atoms with Crippen LogP contribution in [-0.4, -0.2) is 41.9 Å². The van der Waals surface area contributed by atoms with Crippen LogP contribution in [0.2, 0.25) is 0 Å². The number of carbonyl (C=O) groups excluding carboxylic acids is 2. The number of anilines is 1. The fourth-order valence-corrected chi connectivity index (χ4v) is 3.72. The van der Waals surface area contributed by atoms with E-state index in [9.17, 15) is 9.59 Å². The van der Waals surface area contributed by atoms with Gasteiger partial charge in [-0.3, -0.25) is 14.6 Å². The van der Waals surface area contributed by atoms with E-state index in [-0.39, 0.29) is 17.7 Å². The first-order valence-electron chi connectivity index (χ1n) is 9.73. The van der Waals surface area contributed by atoms with E-state index in [4.69, 9.17) is 4.74 Å². The van der Waals surface area contributed by atoms with E-state index in [1.165, 1.54) is 0 Å². The lowest BCUT2D eigenvalue weighted by Gasteiger charge is -2.31. The van der Waals surface area contributed by atoms with Crippen molar-refractivity contribution >= 4 is 28.4 Å². The lowest BCUT2D eigenvalue weighted by molar-refractivity contribution is -0.121. The minimum Gasteiger partial charge on any atom is -0.497 e. The smallest absolute Gasteiger partial charge is 0.253 e. The van der Waals surface area contributed by atoms with E-state index >= 15 is 0 Å². The van der Waals surface area contributed by atoms with Gasteiger partial charge in [0.1, 0.15) is 5.75 Å². The van der Waals surface area contributed by atoms with Gasteiger partial charge in [-0.1, -0.05) is 24.3 Å². The second-order valence-electron chi connectivity index (χ2n) is 7.17. The van der Waals surface area contributed by atoms with Gasteiger partial charge in [-0.05, 0) is 43.2 Å². The SMILES string of the molecule is COc1cccc(C(=O)N2CCC(C(=O)Nc3cccc4cccnc34)CC2)c1. The number of ether oxygens (including phenoxy) is 1. The van der Waals surface area contributed by atoms with Crippen LogP contribution >= 0.6 is 0 Å². The molecule has 1 fully saturated rings. The summed E-state index contributed by atoms with van der Waals surface area (Å²) >= 11 is 0. The van der Waals surface area contributed by atoms with Gasteiger partial charge in [0.25, 0.3) is 5.91 Å². The Hall–Kier alpha value is -3.41. The van der Waals surface area contributed by atoms with Crippen LogP contribution in [0.25, 0.3) is 10.9 Å². The van der Waals surface area contributed by atoms with Crippen molar-refractivity contribution in [3.8, 4) is 5.75 Å². The second kappa shape index (κ2) is 8.31. The minimum atomic E-state index is -0.122. The summed E-state index contributed by atoms with van der Waals surface area (Å²) in [4.78, 5) is 31.7. The molecule has 0 saturated carbocycles. The van der Waals surface area contributed by atoms with E-state index < -0.39 is 0 Å². The van der Waals surface area contributed by atoms with Gasteiger partial charge in [-0.25, -0.2) is 0 Å². The maximum Gasteiger partial charge on any atom is 0.253 e. The normalized spacial score (nSPS) is 14.6. The monoisotopic (exact) mass is 389 g/mol. The maximum absolute atomic E-state index is 12.8. The molecule has 148 valence electrons. The third kappa shape index (κ3) is 4.06. The number of amides is 2. The van der Waals surface area contributed by atoms with E-state index in [1.807, 2.05) is 42.5 Å². The molecule has 1 N–H and O–H groups in total. The van der Waals surface area contributed by atoms with Gasteiger partial charge in [-0.2, -0.15) is 0 Å². The molecule has 2 heterocycles. The number of nitrogens with one attached hydrogen (secondary N) is 1. The molecular weight excluding hydrogens is 366 g/mol. The van der Waals surface area contributed by atoms with Gasteiger partial charge in [-0.15, -0.1) is 0 Å². The highest BCUT2D eigenvalue weighted by Crippen LogP contribution is 2.25. The molecule has 0 bridgehead atoms. The van der Waals surface area contributed by atoms with Crippen LogP contribution in [0.4, 0.5) is 5.69 Å². The van der Waals surface area contributed by atoms with Crippen LogP contribution < -0.4 is 10.1 Å². The average molecular weight is 389 g/mol. The molecule has 2 amide bonds. The lowest BCUT2D eigenvalue weighted by Crippen LogP contribution is -2.41. The number of rotatable bonds is 4. The Labute approximate surface area is 169 Å². The van der Waals surface area contributed by atoms with E-state index in [1.54, 1.807) is 30.3 Å². The number of fused-ring (bicyclic) bond motifs is 1. The summed E-state index contributed by atoms with van der Waals surface area (Å²) in [7, 11) is 1.58. The van der Waals surface area contributed by atoms with Crippen molar-refractivity contribution in [2.24, 2.45) is 5.92 Å². The molecule has 0 unspecified atom stereocenters. The molecular formula is C23H23N3O3. The number of hydrogen-bond donors (Lipinski definition) is 1. The minimum absolute atomic E-state index is 0.0170. The summed E-state index contributed by atoms with van der Waals surface area (Å²) in [6.45, 7) is 1.11. The quantitative estimate of drug-likeness (QED) is 0.738. The fraction of sp³-hybridized carbons (Fsp3) is 0.261. The first-order chi connectivity index (χ1) is 14.2. The van der Waals surface area contributed by atoms with Crippen LogP contribution in [0.5, 0.6) is 5.75 Å². The third-order valence-electron chi connectivity index (χ3n) is 5.36. The molecule has 3 aromatic rings. The summed E-state index contributed by atoms with van der Waals surface area (Å²) in [5.41, 5.74) is 2.12. The third-order valence-corrected chi connectivity index (χ3v) is 5.36. The number of methoxy groups -OCH3 is 1. The number of aromatic nitrogens is 1. The van der Waals surface area contributed by atoms with E-state index in [2.05, 4.69) is 10.3 Å². The zero-order valence-electron chi connectivity index (χ0n) is 16.3. The van der Waals surface area contributed by atoms with Crippen molar-refractivity contribution in [3.63, 3.8) is 0 Å². The molecule has 1 aromatic heterocycles. The van der Waals surface area contributed by atoms with Gasteiger partial charge in [0.15, 0.2) is 0 Å². The molecule has 1 aliphatic rings.